The van der Waals surface area contributed by atoms with E-state index < -0.39 is 0 Å². The summed E-state index contributed by atoms with van der Waals surface area (Å²) in [6, 6.07) is 7.50. The molecule has 0 bridgehead atoms. The van der Waals surface area contributed by atoms with Crippen LogP contribution >= 0.6 is 12.4 Å². The van der Waals surface area contributed by atoms with Crippen molar-refractivity contribution < 1.29 is 14.3 Å². The first-order valence-corrected chi connectivity index (χ1v) is 7.13. The lowest BCUT2D eigenvalue weighted by molar-refractivity contribution is -0.123. The van der Waals surface area contributed by atoms with Crippen LogP contribution in [0.4, 0.5) is 0 Å². The molecule has 2 N–H and O–H groups in total. The van der Waals surface area contributed by atoms with Crippen LogP contribution in [0.1, 0.15) is 19.8 Å². The first kappa shape index (κ1) is 17.6. The molecule has 1 aliphatic rings. The molecule has 21 heavy (non-hydrogen) atoms. The molecule has 1 atom stereocenters. The largest absolute Gasteiger partial charge is 0.494 e. The molecule has 1 aromatic rings. The summed E-state index contributed by atoms with van der Waals surface area (Å²) in [6.07, 6.45) is 2.13. The van der Waals surface area contributed by atoms with Crippen molar-refractivity contribution in [2.75, 3.05) is 26.3 Å². The molecular formula is C15H23ClN2O3. The zero-order chi connectivity index (χ0) is 14.2. The normalized spacial score (nSPS) is 17.5. The molecule has 6 heteroatoms. The Morgan fingerprint density at radius 2 is 1.95 bits per heavy atom. The number of carbonyl (C=O) groups is 1. The standard InChI is InChI=1S/C15H22N2O3.ClH/c1-2-19-13-5-7-14(8-6-13)20-11-15(18)17-12-4-3-9-16-10-12;/h5-8,12,16H,2-4,9-11H2,1H3,(H,17,18);1H/t12-;/m0./s1. The van der Waals surface area contributed by atoms with Crippen molar-refractivity contribution in [3.8, 4) is 11.5 Å². The summed E-state index contributed by atoms with van der Waals surface area (Å²) in [7, 11) is 0. The number of hydrogen-bond acceptors (Lipinski definition) is 4. The fourth-order valence-corrected chi connectivity index (χ4v) is 2.19. The van der Waals surface area contributed by atoms with Gasteiger partial charge in [-0.05, 0) is 50.6 Å². The third-order valence-corrected chi connectivity index (χ3v) is 3.17. The third kappa shape index (κ3) is 6.23. The highest BCUT2D eigenvalue weighted by atomic mass is 35.5. The summed E-state index contributed by atoms with van der Waals surface area (Å²) in [5.41, 5.74) is 0. The minimum Gasteiger partial charge on any atom is -0.494 e. The van der Waals surface area contributed by atoms with Crippen LogP contribution in [0.3, 0.4) is 0 Å². The summed E-state index contributed by atoms with van der Waals surface area (Å²) in [5, 5.41) is 6.23. The summed E-state index contributed by atoms with van der Waals surface area (Å²) >= 11 is 0. The molecule has 1 amide bonds. The average molecular weight is 315 g/mol. The zero-order valence-corrected chi connectivity index (χ0v) is 13.1. The molecule has 0 unspecified atom stereocenters. The van der Waals surface area contributed by atoms with E-state index in [-0.39, 0.29) is 31.0 Å². The van der Waals surface area contributed by atoms with E-state index in [1.807, 2.05) is 19.1 Å². The van der Waals surface area contributed by atoms with Gasteiger partial charge in [-0.15, -0.1) is 12.4 Å². The maximum absolute atomic E-state index is 11.8. The fraction of sp³-hybridized carbons (Fsp3) is 0.533. The van der Waals surface area contributed by atoms with Crippen LogP contribution in [0.2, 0.25) is 0 Å². The van der Waals surface area contributed by atoms with E-state index in [0.717, 1.165) is 31.7 Å². The molecule has 0 radical (unpaired) electrons. The van der Waals surface area contributed by atoms with Crippen molar-refractivity contribution in [1.29, 1.82) is 0 Å². The number of piperidine rings is 1. The highest BCUT2D eigenvalue weighted by molar-refractivity contribution is 5.85. The second-order valence-electron chi connectivity index (χ2n) is 4.80. The Hall–Kier alpha value is -1.46. The maximum atomic E-state index is 11.8. The van der Waals surface area contributed by atoms with Crippen LogP contribution in [0.25, 0.3) is 0 Å². The SMILES string of the molecule is CCOc1ccc(OCC(=O)N[C@H]2CCCNC2)cc1.Cl. The Morgan fingerprint density at radius 1 is 1.29 bits per heavy atom. The van der Waals surface area contributed by atoms with Crippen LogP contribution in [-0.4, -0.2) is 38.3 Å². The van der Waals surface area contributed by atoms with E-state index in [4.69, 9.17) is 9.47 Å². The molecule has 0 aliphatic carbocycles. The van der Waals surface area contributed by atoms with E-state index in [9.17, 15) is 4.79 Å². The van der Waals surface area contributed by atoms with Gasteiger partial charge in [-0.3, -0.25) is 4.79 Å². The molecule has 0 saturated carbocycles. The highest BCUT2D eigenvalue weighted by Crippen LogP contribution is 2.17. The van der Waals surface area contributed by atoms with E-state index in [0.29, 0.717) is 12.4 Å². The van der Waals surface area contributed by atoms with Gasteiger partial charge in [0, 0.05) is 12.6 Å². The number of hydrogen-bond donors (Lipinski definition) is 2. The number of rotatable bonds is 6. The molecule has 1 aliphatic heterocycles. The van der Waals surface area contributed by atoms with Gasteiger partial charge in [-0.2, -0.15) is 0 Å². The number of halogens is 1. The lowest BCUT2D eigenvalue weighted by Gasteiger charge is -2.23. The minimum atomic E-state index is -0.0763. The van der Waals surface area contributed by atoms with Gasteiger partial charge in [0.25, 0.3) is 5.91 Å². The Morgan fingerprint density at radius 3 is 2.52 bits per heavy atom. The summed E-state index contributed by atoms with van der Waals surface area (Å²) in [4.78, 5) is 11.8. The molecule has 1 fully saturated rings. The molecule has 0 spiro atoms. The van der Waals surface area contributed by atoms with Gasteiger partial charge in [0.2, 0.25) is 0 Å². The molecule has 1 saturated heterocycles. The van der Waals surface area contributed by atoms with E-state index in [1.54, 1.807) is 12.1 Å². The fourth-order valence-electron chi connectivity index (χ4n) is 2.19. The van der Waals surface area contributed by atoms with Gasteiger partial charge in [-0.25, -0.2) is 0 Å². The van der Waals surface area contributed by atoms with Gasteiger partial charge < -0.3 is 20.1 Å². The molecule has 1 heterocycles. The lowest BCUT2D eigenvalue weighted by Crippen LogP contribution is -2.46. The summed E-state index contributed by atoms with van der Waals surface area (Å²) < 4.78 is 10.8. The molecular weight excluding hydrogens is 292 g/mol. The lowest BCUT2D eigenvalue weighted by atomic mass is 10.1. The predicted molar refractivity (Wildman–Crippen MR) is 84.4 cm³/mol. The number of ether oxygens (including phenoxy) is 2. The summed E-state index contributed by atoms with van der Waals surface area (Å²) in [5.74, 6) is 1.40. The van der Waals surface area contributed by atoms with Crippen LogP contribution in [0.5, 0.6) is 11.5 Å². The van der Waals surface area contributed by atoms with Gasteiger partial charge in [0.05, 0.1) is 6.61 Å². The molecule has 1 aromatic carbocycles. The first-order chi connectivity index (χ1) is 9.78. The van der Waals surface area contributed by atoms with E-state index in [2.05, 4.69) is 10.6 Å². The maximum Gasteiger partial charge on any atom is 0.258 e. The smallest absolute Gasteiger partial charge is 0.258 e. The number of carbonyl (C=O) groups excluding carboxylic acids is 1. The van der Waals surface area contributed by atoms with Crippen LogP contribution in [-0.2, 0) is 4.79 Å². The van der Waals surface area contributed by atoms with Crippen molar-refractivity contribution in [2.45, 2.75) is 25.8 Å². The van der Waals surface area contributed by atoms with Gasteiger partial charge in [0.15, 0.2) is 6.61 Å². The monoisotopic (exact) mass is 314 g/mol. The van der Waals surface area contributed by atoms with Crippen LogP contribution in [0, 0.1) is 0 Å². The minimum absolute atomic E-state index is 0. The second kappa shape index (κ2) is 9.47. The zero-order valence-electron chi connectivity index (χ0n) is 12.3. The topological polar surface area (TPSA) is 59.6 Å². The van der Waals surface area contributed by atoms with Crippen molar-refractivity contribution in [1.82, 2.24) is 10.6 Å². The van der Waals surface area contributed by atoms with E-state index >= 15 is 0 Å². The molecule has 0 aromatic heterocycles. The Kier molecular flexibility index (Phi) is 7.93. The Bertz CT molecular complexity index is 419. The van der Waals surface area contributed by atoms with Crippen molar-refractivity contribution in [3.63, 3.8) is 0 Å². The average Bonchev–Trinajstić information content (AvgIpc) is 2.48. The molecule has 118 valence electrons. The van der Waals surface area contributed by atoms with Gasteiger partial charge in [-0.1, -0.05) is 0 Å². The van der Waals surface area contributed by atoms with Gasteiger partial charge >= 0.3 is 0 Å². The summed E-state index contributed by atoms with van der Waals surface area (Å²) in [6.45, 7) is 4.50. The van der Waals surface area contributed by atoms with Gasteiger partial charge in [0.1, 0.15) is 11.5 Å². The first-order valence-electron chi connectivity index (χ1n) is 7.13. The third-order valence-electron chi connectivity index (χ3n) is 3.17. The predicted octanol–water partition coefficient (Wildman–Crippen LogP) is 1.75. The quantitative estimate of drug-likeness (QED) is 0.840. The number of nitrogens with one attached hydrogen (secondary N) is 2. The Balaban J connectivity index is 0.00000220. The molecule has 5 nitrogen and oxygen atoms in total. The molecule has 2 rings (SSSR count). The van der Waals surface area contributed by atoms with Crippen LogP contribution in [0.15, 0.2) is 24.3 Å². The second-order valence-corrected chi connectivity index (χ2v) is 4.80. The van der Waals surface area contributed by atoms with Crippen molar-refractivity contribution >= 4 is 18.3 Å². The number of benzene rings is 1. The van der Waals surface area contributed by atoms with Crippen LogP contribution < -0.4 is 20.1 Å². The van der Waals surface area contributed by atoms with E-state index in [1.165, 1.54) is 0 Å². The Labute approximate surface area is 131 Å². The number of amides is 1. The van der Waals surface area contributed by atoms with Crippen molar-refractivity contribution in [2.24, 2.45) is 0 Å². The van der Waals surface area contributed by atoms with Crippen molar-refractivity contribution in [3.05, 3.63) is 24.3 Å². The highest BCUT2D eigenvalue weighted by Gasteiger charge is 2.15.